The zero-order valence-electron chi connectivity index (χ0n) is 13.1. The molecule has 0 heterocycles. The summed E-state index contributed by atoms with van der Waals surface area (Å²) in [4.78, 5) is 0. The fourth-order valence-electron chi connectivity index (χ4n) is 2.83. The van der Waals surface area contributed by atoms with E-state index in [9.17, 15) is 5.11 Å². The molecule has 0 unspecified atom stereocenters. The van der Waals surface area contributed by atoms with Gasteiger partial charge in [-0.25, -0.2) is 0 Å². The highest BCUT2D eigenvalue weighted by atomic mass is 16.5. The highest BCUT2D eigenvalue weighted by Crippen LogP contribution is 2.29. The fourth-order valence-corrected chi connectivity index (χ4v) is 2.83. The van der Waals surface area contributed by atoms with Gasteiger partial charge >= 0.3 is 0 Å². The first kappa shape index (κ1) is 15.4. The Bertz CT molecular complexity index is 396. The smallest absolute Gasteiger partial charge is 0.119 e. The van der Waals surface area contributed by atoms with Gasteiger partial charge < -0.3 is 9.84 Å². The van der Waals surface area contributed by atoms with Crippen molar-refractivity contribution in [3.63, 3.8) is 0 Å². The molecular formula is C18H28O2. The first-order valence-corrected chi connectivity index (χ1v) is 7.92. The Hall–Kier alpha value is -1.02. The topological polar surface area (TPSA) is 29.5 Å². The molecule has 2 rings (SSSR count). The van der Waals surface area contributed by atoms with Crippen LogP contribution in [-0.4, -0.2) is 17.3 Å². The Kier molecular flexibility index (Phi) is 5.09. The van der Waals surface area contributed by atoms with E-state index < -0.39 is 5.60 Å². The van der Waals surface area contributed by atoms with Gasteiger partial charge in [-0.2, -0.15) is 0 Å². The van der Waals surface area contributed by atoms with Crippen LogP contribution in [0.2, 0.25) is 0 Å². The third-order valence-corrected chi connectivity index (χ3v) is 4.65. The lowest BCUT2D eigenvalue weighted by molar-refractivity contribution is 0.0558. The van der Waals surface area contributed by atoms with Gasteiger partial charge in [-0.3, -0.25) is 0 Å². The van der Waals surface area contributed by atoms with Crippen LogP contribution in [0.4, 0.5) is 0 Å². The summed E-state index contributed by atoms with van der Waals surface area (Å²) in [6.07, 6.45) is 6.73. The van der Waals surface area contributed by atoms with E-state index in [1.165, 1.54) is 32.1 Å². The number of rotatable bonds is 5. The molecule has 1 aromatic carbocycles. The Morgan fingerprint density at radius 3 is 2.30 bits per heavy atom. The average molecular weight is 276 g/mol. The van der Waals surface area contributed by atoms with Crippen molar-refractivity contribution in [3.8, 4) is 5.75 Å². The van der Waals surface area contributed by atoms with Crippen LogP contribution in [0.3, 0.4) is 0 Å². The molecule has 0 bridgehead atoms. The predicted octanol–water partition coefficient (Wildman–Crippen LogP) is 4.52. The second-order valence-electron chi connectivity index (χ2n) is 6.76. The van der Waals surface area contributed by atoms with E-state index in [4.69, 9.17) is 4.74 Å². The third kappa shape index (κ3) is 4.24. The Morgan fingerprint density at radius 1 is 1.15 bits per heavy atom. The molecule has 0 aromatic heterocycles. The standard InChI is InChI=1S/C18H28O2/c1-14(18(2,3)19)16-9-11-17(12-10-16)20-13-15-7-5-4-6-8-15/h9-12,14-15,19H,4-8,13H2,1-3H3/t14-/m1/s1. The normalized spacial score (nSPS) is 18.8. The monoisotopic (exact) mass is 276 g/mol. The maximum absolute atomic E-state index is 10.1. The molecule has 1 aliphatic rings. The fraction of sp³-hybridized carbons (Fsp3) is 0.667. The molecule has 1 aliphatic carbocycles. The SMILES string of the molecule is C[C@H](c1ccc(OCC2CCCCC2)cc1)C(C)(C)O. The van der Waals surface area contributed by atoms with Crippen molar-refractivity contribution in [1.29, 1.82) is 0 Å². The lowest BCUT2D eigenvalue weighted by atomic mass is 9.86. The lowest BCUT2D eigenvalue weighted by Crippen LogP contribution is -2.26. The van der Waals surface area contributed by atoms with Gasteiger partial charge in [-0.1, -0.05) is 38.3 Å². The molecule has 0 aliphatic heterocycles. The molecule has 0 spiro atoms. The van der Waals surface area contributed by atoms with E-state index in [-0.39, 0.29) is 5.92 Å². The van der Waals surface area contributed by atoms with Crippen LogP contribution in [0.5, 0.6) is 5.75 Å². The second kappa shape index (κ2) is 6.62. The minimum atomic E-state index is -0.690. The molecule has 2 heteroatoms. The number of benzene rings is 1. The number of ether oxygens (including phenoxy) is 1. The van der Waals surface area contributed by atoms with Crippen LogP contribution in [0.25, 0.3) is 0 Å². The van der Waals surface area contributed by atoms with Crippen molar-refractivity contribution in [2.45, 2.75) is 64.4 Å². The molecular weight excluding hydrogens is 248 g/mol. The van der Waals surface area contributed by atoms with Crippen LogP contribution in [0.15, 0.2) is 24.3 Å². The van der Waals surface area contributed by atoms with Crippen molar-refractivity contribution >= 4 is 0 Å². The summed E-state index contributed by atoms with van der Waals surface area (Å²) in [6.45, 7) is 6.61. The molecule has 20 heavy (non-hydrogen) atoms. The highest BCUT2D eigenvalue weighted by Gasteiger charge is 2.23. The predicted molar refractivity (Wildman–Crippen MR) is 83.2 cm³/mol. The molecule has 1 N–H and O–H groups in total. The van der Waals surface area contributed by atoms with E-state index >= 15 is 0 Å². The minimum absolute atomic E-state index is 0.120. The molecule has 1 atom stereocenters. The lowest BCUT2D eigenvalue weighted by Gasteiger charge is -2.26. The van der Waals surface area contributed by atoms with Crippen LogP contribution < -0.4 is 4.74 Å². The first-order valence-electron chi connectivity index (χ1n) is 7.92. The van der Waals surface area contributed by atoms with Gasteiger partial charge in [0.05, 0.1) is 12.2 Å². The van der Waals surface area contributed by atoms with Gasteiger partial charge in [0, 0.05) is 5.92 Å². The number of hydrogen-bond donors (Lipinski definition) is 1. The summed E-state index contributed by atoms with van der Waals surface area (Å²) in [5, 5.41) is 10.1. The zero-order chi connectivity index (χ0) is 14.6. The number of aliphatic hydroxyl groups is 1. The Morgan fingerprint density at radius 2 is 1.75 bits per heavy atom. The van der Waals surface area contributed by atoms with E-state index in [0.29, 0.717) is 0 Å². The van der Waals surface area contributed by atoms with Crippen molar-refractivity contribution < 1.29 is 9.84 Å². The van der Waals surface area contributed by atoms with Crippen LogP contribution in [0, 0.1) is 5.92 Å². The van der Waals surface area contributed by atoms with Crippen LogP contribution in [0.1, 0.15) is 64.4 Å². The maximum Gasteiger partial charge on any atom is 0.119 e. The molecule has 1 aromatic rings. The summed E-state index contributed by atoms with van der Waals surface area (Å²) in [5.41, 5.74) is 0.465. The Balaban J connectivity index is 1.88. The van der Waals surface area contributed by atoms with Gasteiger partial charge in [0.15, 0.2) is 0 Å². The minimum Gasteiger partial charge on any atom is -0.493 e. The van der Waals surface area contributed by atoms with E-state index in [1.807, 2.05) is 26.0 Å². The van der Waals surface area contributed by atoms with Crippen LogP contribution in [-0.2, 0) is 0 Å². The van der Waals surface area contributed by atoms with E-state index in [0.717, 1.165) is 23.8 Å². The van der Waals surface area contributed by atoms with Gasteiger partial charge in [-0.15, -0.1) is 0 Å². The summed E-state index contributed by atoms with van der Waals surface area (Å²) < 4.78 is 5.90. The Labute approximate surface area is 123 Å². The highest BCUT2D eigenvalue weighted by molar-refractivity contribution is 5.30. The largest absolute Gasteiger partial charge is 0.493 e. The molecule has 1 saturated carbocycles. The first-order chi connectivity index (χ1) is 9.47. The molecule has 2 nitrogen and oxygen atoms in total. The molecule has 1 fully saturated rings. The quantitative estimate of drug-likeness (QED) is 0.856. The summed E-state index contributed by atoms with van der Waals surface area (Å²) in [7, 11) is 0. The maximum atomic E-state index is 10.1. The van der Waals surface area contributed by atoms with Crippen molar-refractivity contribution in [1.82, 2.24) is 0 Å². The molecule has 112 valence electrons. The third-order valence-electron chi connectivity index (χ3n) is 4.65. The van der Waals surface area contributed by atoms with Gasteiger partial charge in [0.25, 0.3) is 0 Å². The number of hydrogen-bond acceptors (Lipinski definition) is 2. The van der Waals surface area contributed by atoms with E-state index in [1.54, 1.807) is 0 Å². The van der Waals surface area contributed by atoms with Crippen molar-refractivity contribution in [3.05, 3.63) is 29.8 Å². The molecule has 0 radical (unpaired) electrons. The summed E-state index contributed by atoms with van der Waals surface area (Å²) >= 11 is 0. The average Bonchev–Trinajstić information content (AvgIpc) is 2.45. The van der Waals surface area contributed by atoms with Gasteiger partial charge in [0.2, 0.25) is 0 Å². The van der Waals surface area contributed by atoms with Crippen molar-refractivity contribution in [2.24, 2.45) is 5.92 Å². The summed E-state index contributed by atoms with van der Waals surface area (Å²) in [6, 6.07) is 8.19. The molecule has 0 amide bonds. The van der Waals surface area contributed by atoms with Crippen molar-refractivity contribution in [2.75, 3.05) is 6.61 Å². The summed E-state index contributed by atoms with van der Waals surface area (Å²) in [5.74, 6) is 1.80. The van der Waals surface area contributed by atoms with Crippen LogP contribution >= 0.6 is 0 Å². The van der Waals surface area contributed by atoms with Gasteiger partial charge in [0.1, 0.15) is 5.75 Å². The second-order valence-corrected chi connectivity index (χ2v) is 6.76. The zero-order valence-corrected chi connectivity index (χ0v) is 13.1. The molecule has 0 saturated heterocycles. The van der Waals surface area contributed by atoms with E-state index in [2.05, 4.69) is 19.1 Å². The van der Waals surface area contributed by atoms with Gasteiger partial charge in [-0.05, 0) is 50.3 Å².